The third-order valence-corrected chi connectivity index (χ3v) is 2.28. The molecule has 0 saturated heterocycles. The molecule has 1 aromatic carbocycles. The third kappa shape index (κ3) is 3.64. The van der Waals surface area contributed by atoms with E-state index in [2.05, 4.69) is 21.2 Å². The number of halogens is 2. The maximum atomic E-state index is 12.9. The van der Waals surface area contributed by atoms with Crippen LogP contribution in [0.5, 0.6) is 0 Å². The Bertz CT molecular complexity index is 320. The topological polar surface area (TPSA) is 38.0 Å². The molecular formula is C10H14BrFN2. The highest BCUT2D eigenvalue weighted by Gasteiger charge is 2.10. The van der Waals surface area contributed by atoms with Crippen LogP contribution in [0.3, 0.4) is 0 Å². The molecule has 0 aliphatic rings. The molecule has 0 amide bonds. The minimum atomic E-state index is -0.277. The van der Waals surface area contributed by atoms with E-state index in [1.54, 1.807) is 12.1 Å². The Morgan fingerprint density at radius 1 is 1.50 bits per heavy atom. The molecule has 0 aromatic heterocycles. The number of nitrogens with one attached hydrogen (secondary N) is 1. The lowest BCUT2D eigenvalue weighted by molar-refractivity contribution is 0.549. The zero-order valence-corrected chi connectivity index (χ0v) is 9.86. The summed E-state index contributed by atoms with van der Waals surface area (Å²) in [5.74, 6) is -0.262. The van der Waals surface area contributed by atoms with Crippen LogP contribution in [0.4, 0.5) is 10.1 Å². The van der Waals surface area contributed by atoms with Gasteiger partial charge in [-0.3, -0.25) is 0 Å². The Kier molecular flexibility index (Phi) is 3.50. The van der Waals surface area contributed by atoms with Crippen molar-refractivity contribution in [1.29, 1.82) is 0 Å². The summed E-state index contributed by atoms with van der Waals surface area (Å²) in [7, 11) is 0. The minimum absolute atomic E-state index is 0.262. The highest BCUT2D eigenvalue weighted by atomic mass is 79.9. The molecule has 0 unspecified atom stereocenters. The van der Waals surface area contributed by atoms with Gasteiger partial charge in [0, 0.05) is 17.8 Å². The second-order valence-electron chi connectivity index (χ2n) is 3.97. The number of nitrogens with two attached hydrogens (primary N) is 1. The molecule has 1 rings (SSSR count). The number of hydrogen-bond donors (Lipinski definition) is 2. The molecule has 78 valence electrons. The van der Waals surface area contributed by atoms with Gasteiger partial charge in [-0.05, 0) is 48.0 Å². The Balaban J connectivity index is 2.65. The standard InChI is InChI=1S/C10H14BrFN2/c1-10(2,13)6-14-7-3-4-9(12)8(11)5-7/h3-5,14H,6,13H2,1-2H3. The molecule has 0 aliphatic heterocycles. The fourth-order valence-corrected chi connectivity index (χ4v) is 1.31. The van der Waals surface area contributed by atoms with Crippen LogP contribution in [0.1, 0.15) is 13.8 Å². The van der Waals surface area contributed by atoms with Gasteiger partial charge in [-0.25, -0.2) is 4.39 Å². The van der Waals surface area contributed by atoms with Gasteiger partial charge in [-0.2, -0.15) is 0 Å². The van der Waals surface area contributed by atoms with Crippen LogP contribution in [-0.4, -0.2) is 12.1 Å². The molecule has 0 heterocycles. The van der Waals surface area contributed by atoms with E-state index in [1.807, 2.05) is 13.8 Å². The van der Waals surface area contributed by atoms with E-state index in [4.69, 9.17) is 5.73 Å². The first kappa shape index (κ1) is 11.5. The average molecular weight is 261 g/mol. The summed E-state index contributed by atoms with van der Waals surface area (Å²) in [6.07, 6.45) is 0. The molecular weight excluding hydrogens is 247 g/mol. The summed E-state index contributed by atoms with van der Waals surface area (Å²) in [4.78, 5) is 0. The highest BCUT2D eigenvalue weighted by Crippen LogP contribution is 2.20. The van der Waals surface area contributed by atoms with Crippen LogP contribution < -0.4 is 11.1 Å². The zero-order valence-electron chi connectivity index (χ0n) is 8.27. The van der Waals surface area contributed by atoms with E-state index < -0.39 is 0 Å². The molecule has 1 aromatic rings. The van der Waals surface area contributed by atoms with Crippen molar-refractivity contribution in [1.82, 2.24) is 0 Å². The van der Waals surface area contributed by atoms with Crippen LogP contribution in [0.2, 0.25) is 0 Å². The second-order valence-corrected chi connectivity index (χ2v) is 4.83. The number of anilines is 1. The van der Waals surface area contributed by atoms with E-state index in [0.29, 0.717) is 11.0 Å². The van der Waals surface area contributed by atoms with Crippen LogP contribution in [-0.2, 0) is 0 Å². The lowest BCUT2D eigenvalue weighted by Crippen LogP contribution is -2.39. The Morgan fingerprint density at radius 3 is 2.64 bits per heavy atom. The van der Waals surface area contributed by atoms with E-state index in [-0.39, 0.29) is 11.4 Å². The first-order valence-electron chi connectivity index (χ1n) is 4.36. The summed E-state index contributed by atoms with van der Waals surface area (Å²) in [6, 6.07) is 4.79. The van der Waals surface area contributed by atoms with Crippen molar-refractivity contribution < 1.29 is 4.39 Å². The molecule has 0 radical (unpaired) electrons. The fourth-order valence-electron chi connectivity index (χ4n) is 0.936. The molecule has 0 fully saturated rings. The molecule has 0 bridgehead atoms. The first-order chi connectivity index (χ1) is 6.38. The molecule has 2 nitrogen and oxygen atoms in total. The largest absolute Gasteiger partial charge is 0.383 e. The van der Waals surface area contributed by atoms with Crippen molar-refractivity contribution in [2.24, 2.45) is 5.73 Å². The molecule has 0 aliphatic carbocycles. The maximum absolute atomic E-state index is 12.9. The average Bonchev–Trinajstić information content (AvgIpc) is 2.06. The lowest BCUT2D eigenvalue weighted by atomic mass is 10.1. The van der Waals surface area contributed by atoms with Crippen molar-refractivity contribution >= 4 is 21.6 Å². The summed E-state index contributed by atoms with van der Waals surface area (Å²) in [5, 5.41) is 3.13. The van der Waals surface area contributed by atoms with Crippen LogP contribution in [0.15, 0.2) is 22.7 Å². The molecule has 0 spiro atoms. The van der Waals surface area contributed by atoms with E-state index in [1.165, 1.54) is 6.07 Å². The quantitative estimate of drug-likeness (QED) is 0.877. The SMILES string of the molecule is CC(C)(N)CNc1ccc(F)c(Br)c1. The van der Waals surface area contributed by atoms with Gasteiger partial charge >= 0.3 is 0 Å². The van der Waals surface area contributed by atoms with Crippen LogP contribution in [0.25, 0.3) is 0 Å². The maximum Gasteiger partial charge on any atom is 0.137 e. The predicted octanol–water partition coefficient (Wildman–Crippen LogP) is 2.74. The Labute approximate surface area is 91.8 Å². The smallest absolute Gasteiger partial charge is 0.137 e. The Hall–Kier alpha value is -0.610. The van der Waals surface area contributed by atoms with Gasteiger partial charge in [-0.1, -0.05) is 0 Å². The summed E-state index contributed by atoms with van der Waals surface area (Å²) >= 11 is 3.12. The van der Waals surface area contributed by atoms with Gasteiger partial charge in [0.1, 0.15) is 5.82 Å². The predicted molar refractivity (Wildman–Crippen MR) is 60.9 cm³/mol. The molecule has 0 saturated carbocycles. The van der Waals surface area contributed by atoms with Gasteiger partial charge in [0.25, 0.3) is 0 Å². The van der Waals surface area contributed by atoms with Gasteiger partial charge < -0.3 is 11.1 Å². The number of benzene rings is 1. The van der Waals surface area contributed by atoms with E-state index >= 15 is 0 Å². The summed E-state index contributed by atoms with van der Waals surface area (Å²) < 4.78 is 13.3. The number of rotatable bonds is 3. The third-order valence-electron chi connectivity index (χ3n) is 1.67. The minimum Gasteiger partial charge on any atom is -0.383 e. The molecule has 0 atom stereocenters. The van der Waals surface area contributed by atoms with Crippen molar-refractivity contribution in [3.05, 3.63) is 28.5 Å². The fraction of sp³-hybridized carbons (Fsp3) is 0.400. The van der Waals surface area contributed by atoms with Crippen molar-refractivity contribution in [3.8, 4) is 0 Å². The van der Waals surface area contributed by atoms with Gasteiger partial charge in [0.05, 0.1) is 4.47 Å². The second kappa shape index (κ2) is 4.28. The zero-order chi connectivity index (χ0) is 10.8. The van der Waals surface area contributed by atoms with Gasteiger partial charge in [-0.15, -0.1) is 0 Å². The van der Waals surface area contributed by atoms with Gasteiger partial charge in [0.2, 0.25) is 0 Å². The van der Waals surface area contributed by atoms with E-state index in [9.17, 15) is 4.39 Å². The molecule has 4 heteroatoms. The normalized spacial score (nSPS) is 11.5. The van der Waals surface area contributed by atoms with Crippen molar-refractivity contribution in [2.75, 3.05) is 11.9 Å². The first-order valence-corrected chi connectivity index (χ1v) is 5.15. The molecule has 3 N–H and O–H groups in total. The number of hydrogen-bond acceptors (Lipinski definition) is 2. The molecule has 14 heavy (non-hydrogen) atoms. The summed E-state index contributed by atoms with van der Waals surface area (Å²) in [5.41, 5.74) is 6.38. The van der Waals surface area contributed by atoms with Crippen molar-refractivity contribution in [3.63, 3.8) is 0 Å². The lowest BCUT2D eigenvalue weighted by Gasteiger charge is -2.19. The van der Waals surface area contributed by atoms with Crippen LogP contribution in [0, 0.1) is 5.82 Å². The van der Waals surface area contributed by atoms with Crippen molar-refractivity contribution in [2.45, 2.75) is 19.4 Å². The van der Waals surface area contributed by atoms with Crippen LogP contribution >= 0.6 is 15.9 Å². The summed E-state index contributed by atoms with van der Waals surface area (Å²) in [6.45, 7) is 4.50. The highest BCUT2D eigenvalue weighted by molar-refractivity contribution is 9.10. The van der Waals surface area contributed by atoms with E-state index in [0.717, 1.165) is 5.69 Å². The Morgan fingerprint density at radius 2 is 2.14 bits per heavy atom. The van der Waals surface area contributed by atoms with Gasteiger partial charge in [0.15, 0.2) is 0 Å². The monoisotopic (exact) mass is 260 g/mol.